The number of hydrogen-bond donors (Lipinski definition) is 2. The fourth-order valence-electron chi connectivity index (χ4n) is 1.65. The van der Waals surface area contributed by atoms with Crippen molar-refractivity contribution in [2.45, 2.75) is 18.4 Å². The number of nitrogens with zero attached hydrogens (tertiary/aromatic N) is 2. The molecule has 0 atom stereocenters. The second-order valence-electron chi connectivity index (χ2n) is 4.28. The van der Waals surface area contributed by atoms with Crippen LogP contribution in [0.1, 0.15) is 12.8 Å². The SMILES string of the molecule is O=[N+]([O-])c1ccc(NC2(CO)CC2)c([N+](=O)[O-])c1. The monoisotopic (exact) mass is 253 g/mol. The van der Waals surface area contributed by atoms with E-state index in [1.54, 1.807) is 0 Å². The minimum absolute atomic E-state index is 0.124. The van der Waals surface area contributed by atoms with Crippen LogP contribution in [0.15, 0.2) is 18.2 Å². The number of non-ortho nitro benzene ring substituents is 1. The van der Waals surface area contributed by atoms with Crippen LogP contribution in [0.2, 0.25) is 0 Å². The first-order chi connectivity index (χ1) is 8.47. The number of nitro benzene ring substituents is 2. The standard InChI is InChI=1S/C10H11N3O5/c14-6-10(3-4-10)11-8-2-1-7(12(15)16)5-9(8)13(17)18/h1-2,5,11,14H,3-4,6H2. The average molecular weight is 253 g/mol. The molecule has 18 heavy (non-hydrogen) atoms. The number of nitrogens with one attached hydrogen (secondary N) is 1. The number of nitro groups is 2. The molecular weight excluding hydrogens is 242 g/mol. The summed E-state index contributed by atoms with van der Waals surface area (Å²) in [6.45, 7) is -0.124. The van der Waals surface area contributed by atoms with E-state index in [2.05, 4.69) is 5.32 Å². The summed E-state index contributed by atoms with van der Waals surface area (Å²) in [6, 6.07) is 3.41. The average Bonchev–Trinajstić information content (AvgIpc) is 3.09. The second kappa shape index (κ2) is 4.22. The van der Waals surface area contributed by atoms with Gasteiger partial charge in [-0.2, -0.15) is 0 Å². The number of aliphatic hydroxyl groups is 1. The minimum Gasteiger partial charge on any atom is -0.394 e. The lowest BCUT2D eigenvalue weighted by Crippen LogP contribution is -2.26. The summed E-state index contributed by atoms with van der Waals surface area (Å²) in [6.07, 6.45) is 1.44. The van der Waals surface area contributed by atoms with Gasteiger partial charge in [-0.25, -0.2) is 0 Å². The van der Waals surface area contributed by atoms with E-state index in [-0.39, 0.29) is 23.7 Å². The predicted molar refractivity (Wildman–Crippen MR) is 62.4 cm³/mol. The molecule has 0 bridgehead atoms. The molecule has 0 spiro atoms. The Labute approximate surface area is 102 Å². The Morgan fingerprint density at radius 3 is 2.39 bits per heavy atom. The molecule has 0 aromatic heterocycles. The molecule has 2 N–H and O–H groups in total. The summed E-state index contributed by atoms with van der Waals surface area (Å²) in [5.41, 5.74) is -1.01. The molecule has 0 amide bonds. The Bertz CT molecular complexity index is 512. The fourth-order valence-corrected chi connectivity index (χ4v) is 1.65. The molecule has 0 saturated heterocycles. The summed E-state index contributed by atoms with van der Waals surface area (Å²) < 4.78 is 0. The lowest BCUT2D eigenvalue weighted by atomic mass is 10.2. The van der Waals surface area contributed by atoms with Gasteiger partial charge in [-0.3, -0.25) is 20.2 Å². The van der Waals surface area contributed by atoms with Gasteiger partial charge in [-0.05, 0) is 18.9 Å². The first kappa shape index (κ1) is 12.2. The smallest absolute Gasteiger partial charge is 0.299 e. The van der Waals surface area contributed by atoms with E-state index in [0.29, 0.717) is 0 Å². The zero-order chi connectivity index (χ0) is 13.3. The number of benzene rings is 1. The van der Waals surface area contributed by atoms with Crippen molar-refractivity contribution in [3.8, 4) is 0 Å². The van der Waals surface area contributed by atoms with E-state index in [1.807, 2.05) is 0 Å². The molecule has 2 rings (SSSR count). The molecule has 0 aliphatic heterocycles. The highest BCUT2D eigenvalue weighted by Gasteiger charge is 2.43. The molecule has 0 heterocycles. The second-order valence-corrected chi connectivity index (χ2v) is 4.28. The van der Waals surface area contributed by atoms with Crippen molar-refractivity contribution in [1.82, 2.24) is 0 Å². The molecule has 1 aliphatic rings. The Balaban J connectivity index is 2.35. The Morgan fingerprint density at radius 2 is 1.94 bits per heavy atom. The van der Waals surface area contributed by atoms with Gasteiger partial charge in [0, 0.05) is 6.07 Å². The van der Waals surface area contributed by atoms with E-state index < -0.39 is 15.4 Å². The van der Waals surface area contributed by atoms with Gasteiger partial charge in [0.25, 0.3) is 11.4 Å². The maximum Gasteiger partial charge on any atom is 0.299 e. The van der Waals surface area contributed by atoms with E-state index in [4.69, 9.17) is 5.11 Å². The molecule has 1 aromatic carbocycles. The van der Waals surface area contributed by atoms with Gasteiger partial charge >= 0.3 is 0 Å². The van der Waals surface area contributed by atoms with E-state index in [0.717, 1.165) is 18.9 Å². The van der Waals surface area contributed by atoms with Crippen LogP contribution >= 0.6 is 0 Å². The van der Waals surface area contributed by atoms with Gasteiger partial charge in [-0.1, -0.05) is 0 Å². The van der Waals surface area contributed by atoms with Crippen molar-refractivity contribution in [2.24, 2.45) is 0 Å². The van der Waals surface area contributed by atoms with E-state index in [9.17, 15) is 20.2 Å². The van der Waals surface area contributed by atoms with Gasteiger partial charge in [0.1, 0.15) is 5.69 Å². The largest absolute Gasteiger partial charge is 0.394 e. The molecule has 1 aliphatic carbocycles. The van der Waals surface area contributed by atoms with Gasteiger partial charge in [0.15, 0.2) is 0 Å². The zero-order valence-corrected chi connectivity index (χ0v) is 9.33. The van der Waals surface area contributed by atoms with Crippen LogP contribution in [0, 0.1) is 20.2 Å². The molecule has 8 heteroatoms. The fraction of sp³-hybridized carbons (Fsp3) is 0.400. The summed E-state index contributed by atoms with van der Waals surface area (Å²) in [7, 11) is 0. The highest BCUT2D eigenvalue weighted by atomic mass is 16.6. The molecular formula is C10H11N3O5. The molecule has 1 fully saturated rings. The maximum absolute atomic E-state index is 10.9. The number of anilines is 1. The highest BCUT2D eigenvalue weighted by Crippen LogP contribution is 2.41. The van der Waals surface area contributed by atoms with Crippen molar-refractivity contribution >= 4 is 17.1 Å². The van der Waals surface area contributed by atoms with Crippen molar-refractivity contribution in [2.75, 3.05) is 11.9 Å². The number of aliphatic hydroxyl groups excluding tert-OH is 1. The van der Waals surface area contributed by atoms with Gasteiger partial charge in [0.05, 0.1) is 28.1 Å². The Kier molecular flexibility index (Phi) is 2.87. The third-order valence-corrected chi connectivity index (χ3v) is 2.94. The van der Waals surface area contributed by atoms with Crippen LogP contribution < -0.4 is 5.32 Å². The summed E-state index contributed by atoms with van der Waals surface area (Å²) in [5.74, 6) is 0. The number of hydrogen-bond acceptors (Lipinski definition) is 6. The van der Waals surface area contributed by atoms with Gasteiger partial charge in [0.2, 0.25) is 0 Å². The van der Waals surface area contributed by atoms with Crippen LogP contribution in [0.5, 0.6) is 0 Å². The predicted octanol–water partition coefficient (Wildman–Crippen LogP) is 1.44. The third kappa shape index (κ3) is 2.23. The summed E-state index contributed by atoms with van der Waals surface area (Å²) in [5, 5.41) is 33.5. The minimum atomic E-state index is -0.685. The Morgan fingerprint density at radius 1 is 1.28 bits per heavy atom. The molecule has 0 radical (unpaired) electrons. The molecule has 0 unspecified atom stereocenters. The lowest BCUT2D eigenvalue weighted by molar-refractivity contribution is -0.393. The third-order valence-electron chi connectivity index (χ3n) is 2.94. The highest BCUT2D eigenvalue weighted by molar-refractivity contribution is 5.66. The molecule has 1 saturated carbocycles. The van der Waals surface area contributed by atoms with E-state index in [1.165, 1.54) is 12.1 Å². The summed E-state index contributed by atoms with van der Waals surface area (Å²) >= 11 is 0. The van der Waals surface area contributed by atoms with Crippen LogP contribution in [-0.4, -0.2) is 27.1 Å². The topological polar surface area (TPSA) is 119 Å². The van der Waals surface area contributed by atoms with Crippen LogP contribution in [0.4, 0.5) is 17.1 Å². The first-order valence-electron chi connectivity index (χ1n) is 5.29. The van der Waals surface area contributed by atoms with Crippen molar-refractivity contribution in [1.29, 1.82) is 0 Å². The molecule has 1 aromatic rings. The van der Waals surface area contributed by atoms with Crippen molar-refractivity contribution in [3.05, 3.63) is 38.4 Å². The molecule has 96 valence electrons. The quantitative estimate of drug-likeness (QED) is 0.605. The first-order valence-corrected chi connectivity index (χ1v) is 5.29. The normalized spacial score (nSPS) is 16.1. The maximum atomic E-state index is 10.9. The van der Waals surface area contributed by atoms with Gasteiger partial charge in [-0.15, -0.1) is 0 Å². The van der Waals surface area contributed by atoms with E-state index >= 15 is 0 Å². The molecule has 8 nitrogen and oxygen atoms in total. The van der Waals surface area contributed by atoms with Crippen LogP contribution in [0.25, 0.3) is 0 Å². The zero-order valence-electron chi connectivity index (χ0n) is 9.33. The lowest BCUT2D eigenvalue weighted by Gasteiger charge is -2.15. The van der Waals surface area contributed by atoms with Crippen molar-refractivity contribution < 1.29 is 15.0 Å². The number of rotatable bonds is 5. The van der Waals surface area contributed by atoms with Gasteiger partial charge < -0.3 is 10.4 Å². The van der Waals surface area contributed by atoms with Crippen molar-refractivity contribution in [3.63, 3.8) is 0 Å². The Hall–Kier alpha value is -2.22. The summed E-state index contributed by atoms with van der Waals surface area (Å²) in [4.78, 5) is 20.1. The van der Waals surface area contributed by atoms with Crippen LogP contribution in [-0.2, 0) is 0 Å². The van der Waals surface area contributed by atoms with Crippen LogP contribution in [0.3, 0.4) is 0 Å².